The van der Waals surface area contributed by atoms with E-state index in [0.29, 0.717) is 0 Å². The lowest BCUT2D eigenvalue weighted by Crippen LogP contribution is -2.30. The van der Waals surface area contributed by atoms with Gasteiger partial charge >= 0.3 is 0 Å². The van der Waals surface area contributed by atoms with Crippen LogP contribution in [-0.2, 0) is 6.42 Å². The Hall–Kier alpha value is -3.54. The van der Waals surface area contributed by atoms with Gasteiger partial charge in [-0.3, -0.25) is 10.1 Å². The maximum atomic E-state index is 11.4. The van der Waals surface area contributed by atoms with Crippen molar-refractivity contribution in [2.75, 3.05) is 12.1 Å². The van der Waals surface area contributed by atoms with Crippen molar-refractivity contribution in [2.24, 2.45) is 5.92 Å². The number of non-ortho nitro benzene ring substituents is 1. The molecule has 6 rings (SSSR count). The zero-order chi connectivity index (χ0) is 19.5. The van der Waals surface area contributed by atoms with E-state index in [2.05, 4.69) is 41.7 Å². The smallest absolute Gasteiger partial charge is 0.269 e. The predicted molar refractivity (Wildman–Crippen MR) is 108 cm³/mol. The van der Waals surface area contributed by atoms with Crippen molar-refractivity contribution in [3.63, 3.8) is 0 Å². The van der Waals surface area contributed by atoms with Gasteiger partial charge in [0.2, 0.25) is 6.79 Å². The molecule has 0 fully saturated rings. The number of rotatable bonds is 2. The Bertz CT molecular complexity index is 1160. The highest BCUT2D eigenvalue weighted by molar-refractivity contribution is 5.65. The number of nitro groups is 1. The number of nitro benzene ring substituents is 1. The largest absolute Gasteiger partial charge is 0.454 e. The van der Waals surface area contributed by atoms with Crippen molar-refractivity contribution in [1.29, 1.82) is 0 Å². The van der Waals surface area contributed by atoms with Gasteiger partial charge in [-0.2, -0.15) is 0 Å². The lowest BCUT2D eigenvalue weighted by Gasteiger charge is -2.37. The Kier molecular flexibility index (Phi) is 3.38. The number of nitrogens with zero attached hydrogens (tertiary/aromatic N) is 1. The molecular weight excluding hydrogens is 368 g/mol. The molecule has 0 saturated heterocycles. The van der Waals surface area contributed by atoms with Crippen LogP contribution >= 0.6 is 0 Å². The van der Waals surface area contributed by atoms with Gasteiger partial charge < -0.3 is 14.8 Å². The molecule has 2 heterocycles. The second kappa shape index (κ2) is 5.98. The first-order chi connectivity index (χ1) is 14.2. The molecule has 0 aromatic heterocycles. The van der Waals surface area contributed by atoms with E-state index in [-0.39, 0.29) is 35.3 Å². The van der Waals surface area contributed by atoms with Gasteiger partial charge in [0.1, 0.15) is 0 Å². The number of ether oxygens (including phenoxy) is 2. The van der Waals surface area contributed by atoms with Crippen molar-refractivity contribution in [1.82, 2.24) is 0 Å². The third-order valence-corrected chi connectivity index (χ3v) is 6.35. The number of hydrogen-bond acceptors (Lipinski definition) is 5. The van der Waals surface area contributed by atoms with Gasteiger partial charge in [0.15, 0.2) is 11.5 Å². The second-order valence-corrected chi connectivity index (χ2v) is 7.81. The zero-order valence-electron chi connectivity index (χ0n) is 15.5. The Balaban J connectivity index is 1.51. The summed E-state index contributed by atoms with van der Waals surface area (Å²) in [5.74, 6) is 1.93. The molecule has 3 aliphatic rings. The summed E-state index contributed by atoms with van der Waals surface area (Å²) in [6, 6.07) is 19.8. The highest BCUT2D eigenvalue weighted by Crippen LogP contribution is 2.54. The van der Waals surface area contributed by atoms with Gasteiger partial charge in [-0.15, -0.1) is 0 Å². The molecule has 0 radical (unpaired) electrons. The van der Waals surface area contributed by atoms with Crippen LogP contribution < -0.4 is 14.8 Å². The molecule has 29 heavy (non-hydrogen) atoms. The summed E-state index contributed by atoms with van der Waals surface area (Å²) in [5, 5.41) is 15.0. The highest BCUT2D eigenvalue weighted by atomic mass is 16.7. The fourth-order valence-corrected chi connectivity index (χ4v) is 5.10. The van der Waals surface area contributed by atoms with Crippen LogP contribution in [0, 0.1) is 16.0 Å². The van der Waals surface area contributed by atoms with Crippen molar-refractivity contribution in [2.45, 2.75) is 18.4 Å². The van der Waals surface area contributed by atoms with Crippen LogP contribution in [0.2, 0.25) is 0 Å². The number of nitrogens with one attached hydrogen (secondary N) is 1. The van der Waals surface area contributed by atoms with Crippen LogP contribution in [0.15, 0.2) is 60.7 Å². The maximum Gasteiger partial charge on any atom is 0.269 e. The molecule has 3 aromatic rings. The molecule has 6 nitrogen and oxygen atoms in total. The minimum atomic E-state index is -0.319. The fraction of sp³-hybridized carbons (Fsp3) is 0.217. The highest BCUT2D eigenvalue weighted by Gasteiger charge is 2.44. The number of anilines is 1. The number of fused-ring (bicyclic) bond motifs is 6. The zero-order valence-corrected chi connectivity index (χ0v) is 15.5. The van der Waals surface area contributed by atoms with Crippen LogP contribution in [0.1, 0.15) is 34.2 Å². The lowest BCUT2D eigenvalue weighted by molar-refractivity contribution is -0.384. The summed E-state index contributed by atoms with van der Waals surface area (Å²) < 4.78 is 11.1. The molecule has 1 N–H and O–H groups in total. The van der Waals surface area contributed by atoms with E-state index >= 15 is 0 Å². The van der Waals surface area contributed by atoms with E-state index in [1.165, 1.54) is 11.1 Å². The van der Waals surface area contributed by atoms with Crippen LogP contribution in [0.3, 0.4) is 0 Å². The van der Waals surface area contributed by atoms with Gasteiger partial charge in [-0.05, 0) is 52.8 Å². The third-order valence-electron chi connectivity index (χ3n) is 6.35. The summed E-state index contributed by atoms with van der Waals surface area (Å²) in [6.07, 6.45) is 0.926. The first kappa shape index (κ1) is 16.4. The topological polar surface area (TPSA) is 73.6 Å². The molecule has 1 aliphatic carbocycles. The Labute approximate surface area is 167 Å². The summed E-state index contributed by atoms with van der Waals surface area (Å²) in [4.78, 5) is 11.1. The monoisotopic (exact) mass is 386 g/mol. The molecule has 0 bridgehead atoms. The second-order valence-electron chi connectivity index (χ2n) is 7.81. The minimum absolute atomic E-state index is 0.0795. The minimum Gasteiger partial charge on any atom is -0.454 e. The van der Waals surface area contributed by atoms with Crippen LogP contribution in [-0.4, -0.2) is 11.7 Å². The molecule has 144 valence electrons. The van der Waals surface area contributed by atoms with Gasteiger partial charge in [-0.25, -0.2) is 0 Å². The van der Waals surface area contributed by atoms with Gasteiger partial charge in [0.25, 0.3) is 5.69 Å². The van der Waals surface area contributed by atoms with Gasteiger partial charge in [0.05, 0.1) is 11.0 Å². The average molecular weight is 386 g/mol. The van der Waals surface area contributed by atoms with Crippen molar-refractivity contribution < 1.29 is 14.4 Å². The normalized spacial score (nSPS) is 23.0. The standard InChI is InChI=1S/C23H18N2O4/c26-25(27)15-6-7-19-17(11-15)22-16-4-2-1-3-13(16)9-18(22)23(24-19)14-5-8-20-21(10-14)29-12-28-20/h1-8,10-11,18,22-24H,9,12H2/t18-,22-,23+/m0/s1. The van der Waals surface area contributed by atoms with Crippen molar-refractivity contribution >= 4 is 11.4 Å². The molecule has 0 spiro atoms. The Morgan fingerprint density at radius 2 is 1.83 bits per heavy atom. The molecule has 6 heteroatoms. The molecule has 3 atom stereocenters. The summed E-state index contributed by atoms with van der Waals surface area (Å²) in [5.41, 5.74) is 5.82. The summed E-state index contributed by atoms with van der Waals surface area (Å²) >= 11 is 0. The molecule has 0 saturated carbocycles. The Morgan fingerprint density at radius 3 is 2.72 bits per heavy atom. The summed E-state index contributed by atoms with van der Waals surface area (Å²) in [7, 11) is 0. The van der Waals surface area contributed by atoms with Crippen LogP contribution in [0.5, 0.6) is 11.5 Å². The molecule has 2 aliphatic heterocycles. The summed E-state index contributed by atoms with van der Waals surface area (Å²) in [6.45, 7) is 0.251. The molecule has 0 amide bonds. The maximum absolute atomic E-state index is 11.4. The van der Waals surface area contributed by atoms with Crippen molar-refractivity contribution in [3.8, 4) is 11.5 Å². The lowest BCUT2D eigenvalue weighted by atomic mass is 9.75. The predicted octanol–water partition coefficient (Wildman–Crippen LogP) is 4.79. The van der Waals surface area contributed by atoms with E-state index in [4.69, 9.17) is 9.47 Å². The SMILES string of the molecule is O=[N+]([O-])c1ccc2c(c1)[C@@H]1c3ccccc3C[C@@H]1[C@@H](c1ccc3c(c1)OCO3)N2. The van der Waals surface area contributed by atoms with Crippen LogP contribution in [0.4, 0.5) is 11.4 Å². The number of benzene rings is 3. The molecule has 0 unspecified atom stereocenters. The number of hydrogen-bond donors (Lipinski definition) is 1. The third kappa shape index (κ3) is 2.42. The van der Waals surface area contributed by atoms with E-state index in [1.54, 1.807) is 12.1 Å². The van der Waals surface area contributed by atoms with E-state index in [1.807, 2.05) is 12.1 Å². The van der Waals surface area contributed by atoms with E-state index in [0.717, 1.165) is 34.7 Å². The molecular formula is C23H18N2O4. The van der Waals surface area contributed by atoms with E-state index in [9.17, 15) is 10.1 Å². The average Bonchev–Trinajstić information content (AvgIpc) is 3.36. The first-order valence-electron chi connectivity index (χ1n) is 9.71. The van der Waals surface area contributed by atoms with Crippen molar-refractivity contribution in [3.05, 3.63) is 93.0 Å². The quantitative estimate of drug-likeness (QED) is 0.506. The van der Waals surface area contributed by atoms with Crippen LogP contribution in [0.25, 0.3) is 0 Å². The van der Waals surface area contributed by atoms with E-state index < -0.39 is 0 Å². The Morgan fingerprint density at radius 1 is 0.966 bits per heavy atom. The fourth-order valence-electron chi connectivity index (χ4n) is 5.10. The van der Waals surface area contributed by atoms with Gasteiger partial charge in [0, 0.05) is 23.7 Å². The first-order valence-corrected chi connectivity index (χ1v) is 9.71. The van der Waals surface area contributed by atoms with Gasteiger partial charge in [-0.1, -0.05) is 30.3 Å². The molecule has 3 aromatic carbocycles.